The van der Waals surface area contributed by atoms with E-state index in [0.29, 0.717) is 27.9 Å². The Kier molecular flexibility index (Phi) is 4.88. The largest absolute Gasteiger partial charge is 0.474 e. The van der Waals surface area contributed by atoms with Gasteiger partial charge in [0.05, 0.1) is 0 Å². The fourth-order valence-electron chi connectivity index (χ4n) is 3.30. The van der Waals surface area contributed by atoms with E-state index in [2.05, 4.69) is 26.9 Å². The first-order valence-corrected chi connectivity index (χ1v) is 10.1. The molecule has 1 aliphatic rings. The number of rotatable bonds is 4. The molecule has 9 heteroatoms. The number of fused-ring (bicyclic) bond motifs is 1. The average molecular weight is 386 g/mol. The molecule has 1 saturated heterocycles. The molecular weight excluding hydrogens is 364 g/mol. The zero-order valence-corrected chi connectivity index (χ0v) is 16.4. The van der Waals surface area contributed by atoms with Crippen molar-refractivity contribution in [2.45, 2.75) is 24.1 Å². The summed E-state index contributed by atoms with van der Waals surface area (Å²) in [6.07, 6.45) is 5.61. The number of piperidine rings is 1. The number of hydrogen-bond acceptors (Lipinski definition) is 7. The summed E-state index contributed by atoms with van der Waals surface area (Å²) in [5.41, 5.74) is 0.395. The Bertz CT molecular complexity index is 1020. The van der Waals surface area contributed by atoms with E-state index in [9.17, 15) is 4.79 Å². The Labute approximate surface area is 161 Å². The quantitative estimate of drug-likeness (QED) is 0.499. The summed E-state index contributed by atoms with van der Waals surface area (Å²) in [7, 11) is 3.83. The van der Waals surface area contributed by atoms with Crippen LogP contribution in [0.5, 0.6) is 5.88 Å². The summed E-state index contributed by atoms with van der Waals surface area (Å²) in [6, 6.07) is 5.59. The van der Waals surface area contributed by atoms with Crippen LogP contribution in [0.2, 0.25) is 0 Å². The van der Waals surface area contributed by atoms with Gasteiger partial charge in [0.1, 0.15) is 11.5 Å². The Hall–Kier alpha value is -2.39. The van der Waals surface area contributed by atoms with Gasteiger partial charge in [-0.3, -0.25) is 4.79 Å². The van der Waals surface area contributed by atoms with Crippen molar-refractivity contribution in [3.8, 4) is 11.7 Å². The molecule has 3 aromatic heterocycles. The van der Waals surface area contributed by atoms with E-state index in [1.165, 1.54) is 16.4 Å². The summed E-state index contributed by atoms with van der Waals surface area (Å²) in [5.74, 6) is 1.16. The Morgan fingerprint density at radius 1 is 1.19 bits per heavy atom. The van der Waals surface area contributed by atoms with Crippen molar-refractivity contribution < 1.29 is 4.74 Å². The first-order chi connectivity index (χ1) is 13.1. The molecule has 4 rings (SSSR count). The van der Waals surface area contributed by atoms with E-state index in [-0.39, 0.29) is 11.7 Å². The highest BCUT2D eigenvalue weighted by atomic mass is 32.2. The summed E-state index contributed by atoms with van der Waals surface area (Å²) in [5, 5.41) is 1.08. The van der Waals surface area contributed by atoms with Crippen LogP contribution in [0.1, 0.15) is 12.8 Å². The van der Waals surface area contributed by atoms with Crippen molar-refractivity contribution in [3.05, 3.63) is 34.7 Å². The van der Waals surface area contributed by atoms with Crippen molar-refractivity contribution in [3.63, 3.8) is 0 Å². The zero-order valence-electron chi connectivity index (χ0n) is 15.6. The second-order valence-corrected chi connectivity index (χ2v) is 7.46. The molecule has 8 nitrogen and oxygen atoms in total. The van der Waals surface area contributed by atoms with Gasteiger partial charge in [-0.05, 0) is 32.2 Å². The van der Waals surface area contributed by atoms with Gasteiger partial charge < -0.3 is 9.64 Å². The van der Waals surface area contributed by atoms with Gasteiger partial charge in [0.25, 0.3) is 5.56 Å². The molecule has 0 aromatic carbocycles. The molecule has 1 fully saturated rings. The van der Waals surface area contributed by atoms with Crippen LogP contribution in [0, 0.1) is 0 Å². The summed E-state index contributed by atoms with van der Waals surface area (Å²) >= 11 is 1.43. The monoisotopic (exact) mass is 386 g/mol. The van der Waals surface area contributed by atoms with Crippen LogP contribution in [0.3, 0.4) is 0 Å². The van der Waals surface area contributed by atoms with Gasteiger partial charge in [-0.25, -0.2) is 19.3 Å². The van der Waals surface area contributed by atoms with Crippen LogP contribution < -0.4 is 10.3 Å². The molecule has 0 bridgehead atoms. The minimum atomic E-state index is -0.152. The van der Waals surface area contributed by atoms with E-state index < -0.39 is 0 Å². The normalized spacial score (nSPS) is 16.1. The predicted molar refractivity (Wildman–Crippen MR) is 105 cm³/mol. The fraction of sp³-hybridized carbons (Fsp3) is 0.444. The lowest BCUT2D eigenvalue weighted by Gasteiger charge is -2.29. The van der Waals surface area contributed by atoms with Gasteiger partial charge in [0, 0.05) is 32.4 Å². The van der Waals surface area contributed by atoms with E-state index in [1.54, 1.807) is 17.9 Å². The van der Waals surface area contributed by atoms with Crippen molar-refractivity contribution in [2.75, 3.05) is 26.4 Å². The first-order valence-electron chi connectivity index (χ1n) is 8.88. The highest BCUT2D eigenvalue weighted by Crippen LogP contribution is 2.20. The van der Waals surface area contributed by atoms with Gasteiger partial charge >= 0.3 is 0 Å². The third kappa shape index (κ3) is 3.44. The minimum Gasteiger partial charge on any atom is -0.474 e. The lowest BCUT2D eigenvalue weighted by Crippen LogP contribution is -2.35. The van der Waals surface area contributed by atoms with E-state index in [4.69, 9.17) is 4.74 Å². The number of pyridine rings is 1. The number of ether oxygens (including phenoxy) is 1. The molecule has 142 valence electrons. The maximum atomic E-state index is 12.5. The molecule has 0 spiro atoms. The van der Waals surface area contributed by atoms with Crippen LogP contribution in [0.25, 0.3) is 16.9 Å². The van der Waals surface area contributed by atoms with Gasteiger partial charge in [-0.2, -0.15) is 4.98 Å². The third-order valence-corrected chi connectivity index (χ3v) is 5.39. The van der Waals surface area contributed by atoms with Crippen molar-refractivity contribution >= 4 is 22.8 Å². The maximum Gasteiger partial charge on any atom is 0.277 e. The fourth-order valence-corrected chi connectivity index (χ4v) is 3.63. The van der Waals surface area contributed by atoms with Gasteiger partial charge in [0.15, 0.2) is 16.6 Å². The van der Waals surface area contributed by atoms with Crippen molar-refractivity contribution in [1.82, 2.24) is 29.2 Å². The molecule has 4 heterocycles. The minimum absolute atomic E-state index is 0.152. The predicted octanol–water partition coefficient (Wildman–Crippen LogP) is 1.71. The van der Waals surface area contributed by atoms with Crippen molar-refractivity contribution in [2.24, 2.45) is 7.05 Å². The number of likely N-dealkylation sites (tertiary alicyclic amines) is 1. The second-order valence-electron chi connectivity index (χ2n) is 6.69. The van der Waals surface area contributed by atoms with Crippen LogP contribution in [-0.4, -0.2) is 61.7 Å². The summed E-state index contributed by atoms with van der Waals surface area (Å²) in [4.78, 5) is 28.2. The third-order valence-electron chi connectivity index (χ3n) is 4.83. The lowest BCUT2D eigenvalue weighted by atomic mass is 10.1. The molecule has 0 amide bonds. The molecule has 0 N–H and O–H groups in total. The van der Waals surface area contributed by atoms with Crippen molar-refractivity contribution in [1.29, 1.82) is 0 Å². The molecule has 27 heavy (non-hydrogen) atoms. The second kappa shape index (κ2) is 7.32. The molecule has 1 aliphatic heterocycles. The zero-order chi connectivity index (χ0) is 19.0. The summed E-state index contributed by atoms with van der Waals surface area (Å²) in [6.45, 7) is 2.05. The van der Waals surface area contributed by atoms with E-state index in [0.717, 1.165) is 25.9 Å². The smallest absolute Gasteiger partial charge is 0.277 e. The molecule has 3 aromatic rings. The number of aromatic nitrogens is 5. The molecule has 0 unspecified atom stereocenters. The highest BCUT2D eigenvalue weighted by Gasteiger charge is 2.20. The van der Waals surface area contributed by atoms with Crippen LogP contribution in [0.15, 0.2) is 34.3 Å². The van der Waals surface area contributed by atoms with Gasteiger partial charge in [-0.15, -0.1) is 0 Å². The highest BCUT2D eigenvalue weighted by molar-refractivity contribution is 7.98. The van der Waals surface area contributed by atoms with Gasteiger partial charge in [-0.1, -0.05) is 17.8 Å². The SMILES string of the molecule is CSc1ncc2c(=O)n(C)n(-c3cccc(OC4CCN(C)CC4)n3)c2n1. The van der Waals surface area contributed by atoms with Crippen LogP contribution >= 0.6 is 11.8 Å². The Morgan fingerprint density at radius 2 is 1.96 bits per heavy atom. The number of hydrogen-bond donors (Lipinski definition) is 0. The Balaban J connectivity index is 1.71. The first kappa shape index (κ1) is 18.0. The van der Waals surface area contributed by atoms with Crippen LogP contribution in [-0.2, 0) is 7.05 Å². The van der Waals surface area contributed by atoms with E-state index >= 15 is 0 Å². The summed E-state index contributed by atoms with van der Waals surface area (Å²) < 4.78 is 9.31. The lowest BCUT2D eigenvalue weighted by molar-refractivity contribution is 0.110. The van der Waals surface area contributed by atoms with E-state index in [1.807, 2.05) is 24.5 Å². The molecular formula is C18H22N6O2S. The topological polar surface area (TPSA) is 78.1 Å². The standard InChI is InChI=1S/C18H22N6O2S/c1-22-9-7-12(8-10-22)26-15-6-4-5-14(20-15)24-16-13(17(25)23(24)2)11-19-18(21-16)27-3/h4-6,11-12H,7-10H2,1-3H3. The maximum absolute atomic E-state index is 12.5. The van der Waals surface area contributed by atoms with Crippen LogP contribution in [0.4, 0.5) is 0 Å². The average Bonchev–Trinajstić information content (AvgIpc) is 2.94. The molecule has 0 saturated carbocycles. The molecule has 0 aliphatic carbocycles. The van der Waals surface area contributed by atoms with Gasteiger partial charge in [0.2, 0.25) is 5.88 Å². The molecule has 0 atom stereocenters. The Morgan fingerprint density at radius 3 is 2.70 bits per heavy atom. The number of nitrogens with zero attached hydrogens (tertiary/aromatic N) is 6. The molecule has 0 radical (unpaired) electrons. The number of thioether (sulfide) groups is 1.